The van der Waals surface area contributed by atoms with E-state index in [1.54, 1.807) is 0 Å². The van der Waals surface area contributed by atoms with Gasteiger partial charge in [-0.3, -0.25) is 0 Å². The van der Waals surface area contributed by atoms with Gasteiger partial charge in [-0.2, -0.15) is 0 Å². The third kappa shape index (κ3) is 3.82. The summed E-state index contributed by atoms with van der Waals surface area (Å²) in [5.41, 5.74) is 2.91. The number of nitrogens with zero attached hydrogens (tertiary/aromatic N) is 1. The SMILES string of the molecule is CC(C)c1ccc(CCC2CN(C)CCN2)cc1. The Morgan fingerprint density at radius 2 is 2.00 bits per heavy atom. The zero-order chi connectivity index (χ0) is 13.0. The number of piperazine rings is 1. The molecule has 1 saturated heterocycles. The van der Waals surface area contributed by atoms with E-state index in [0.29, 0.717) is 12.0 Å². The predicted octanol–water partition coefficient (Wildman–Crippen LogP) is 2.65. The van der Waals surface area contributed by atoms with Crippen molar-refractivity contribution in [3.8, 4) is 0 Å². The third-order valence-corrected chi connectivity index (χ3v) is 3.89. The van der Waals surface area contributed by atoms with Crippen LogP contribution < -0.4 is 5.32 Å². The first-order chi connectivity index (χ1) is 8.65. The molecule has 2 heteroatoms. The Bertz CT molecular complexity index is 356. The van der Waals surface area contributed by atoms with E-state index in [0.717, 1.165) is 6.54 Å². The molecule has 1 heterocycles. The summed E-state index contributed by atoms with van der Waals surface area (Å²) in [4.78, 5) is 2.42. The average Bonchev–Trinajstić information content (AvgIpc) is 2.37. The lowest BCUT2D eigenvalue weighted by atomic mass is 9.98. The minimum Gasteiger partial charge on any atom is -0.311 e. The number of hydrogen-bond donors (Lipinski definition) is 1. The molecule has 1 fully saturated rings. The van der Waals surface area contributed by atoms with Gasteiger partial charge in [-0.05, 0) is 36.9 Å². The average molecular weight is 246 g/mol. The summed E-state index contributed by atoms with van der Waals surface area (Å²) in [5.74, 6) is 0.632. The number of likely N-dealkylation sites (N-methyl/N-ethyl adjacent to an activating group) is 1. The van der Waals surface area contributed by atoms with Crippen LogP contribution in [0.3, 0.4) is 0 Å². The highest BCUT2D eigenvalue weighted by Gasteiger charge is 2.15. The van der Waals surface area contributed by atoms with Crippen molar-refractivity contribution in [3.05, 3.63) is 35.4 Å². The fourth-order valence-electron chi connectivity index (χ4n) is 2.60. The van der Waals surface area contributed by atoms with Crippen LogP contribution in [-0.2, 0) is 6.42 Å². The molecule has 0 aliphatic carbocycles. The van der Waals surface area contributed by atoms with Gasteiger partial charge in [-0.1, -0.05) is 38.1 Å². The van der Waals surface area contributed by atoms with E-state index < -0.39 is 0 Å². The van der Waals surface area contributed by atoms with Crippen LogP contribution in [0.1, 0.15) is 37.3 Å². The van der Waals surface area contributed by atoms with Crippen molar-refractivity contribution in [2.75, 3.05) is 26.7 Å². The third-order valence-electron chi connectivity index (χ3n) is 3.89. The largest absolute Gasteiger partial charge is 0.311 e. The van der Waals surface area contributed by atoms with Gasteiger partial charge in [0.05, 0.1) is 0 Å². The molecule has 2 nitrogen and oxygen atoms in total. The molecule has 1 N–H and O–H groups in total. The molecule has 0 aromatic heterocycles. The molecule has 1 aromatic rings. The van der Waals surface area contributed by atoms with Crippen LogP contribution in [0.2, 0.25) is 0 Å². The molecule has 0 radical (unpaired) electrons. The zero-order valence-corrected chi connectivity index (χ0v) is 11.9. The molecule has 1 aliphatic rings. The number of aryl methyl sites for hydroxylation is 1. The normalized spacial score (nSPS) is 21.4. The first-order valence-electron chi connectivity index (χ1n) is 7.16. The van der Waals surface area contributed by atoms with Gasteiger partial charge in [0.1, 0.15) is 0 Å². The van der Waals surface area contributed by atoms with Crippen molar-refractivity contribution in [1.29, 1.82) is 0 Å². The van der Waals surface area contributed by atoms with Crippen LogP contribution in [0.25, 0.3) is 0 Å². The van der Waals surface area contributed by atoms with Gasteiger partial charge in [0.2, 0.25) is 0 Å². The van der Waals surface area contributed by atoms with Gasteiger partial charge in [0.25, 0.3) is 0 Å². The Labute approximate surface area is 111 Å². The maximum Gasteiger partial charge on any atom is 0.0198 e. The second-order valence-electron chi connectivity index (χ2n) is 5.85. The lowest BCUT2D eigenvalue weighted by Gasteiger charge is -2.30. The summed E-state index contributed by atoms with van der Waals surface area (Å²) < 4.78 is 0. The predicted molar refractivity (Wildman–Crippen MR) is 78.1 cm³/mol. The van der Waals surface area contributed by atoms with Crippen molar-refractivity contribution in [2.24, 2.45) is 0 Å². The Hall–Kier alpha value is -0.860. The molecule has 2 rings (SSSR count). The fraction of sp³-hybridized carbons (Fsp3) is 0.625. The molecule has 1 aromatic carbocycles. The number of nitrogens with one attached hydrogen (secondary N) is 1. The number of benzene rings is 1. The Morgan fingerprint density at radius 3 is 2.61 bits per heavy atom. The van der Waals surface area contributed by atoms with Gasteiger partial charge in [0, 0.05) is 25.7 Å². The van der Waals surface area contributed by atoms with Crippen molar-refractivity contribution < 1.29 is 0 Å². The summed E-state index contributed by atoms with van der Waals surface area (Å²) in [6.45, 7) is 7.99. The lowest BCUT2D eigenvalue weighted by molar-refractivity contribution is 0.232. The van der Waals surface area contributed by atoms with E-state index in [-0.39, 0.29) is 0 Å². The zero-order valence-electron chi connectivity index (χ0n) is 11.9. The molecular weight excluding hydrogens is 220 g/mol. The molecule has 1 atom stereocenters. The topological polar surface area (TPSA) is 15.3 Å². The molecule has 0 spiro atoms. The monoisotopic (exact) mass is 246 g/mol. The fourth-order valence-corrected chi connectivity index (χ4v) is 2.60. The Balaban J connectivity index is 1.82. The second kappa shape index (κ2) is 6.35. The summed E-state index contributed by atoms with van der Waals surface area (Å²) in [6, 6.07) is 9.80. The minimum atomic E-state index is 0.632. The summed E-state index contributed by atoms with van der Waals surface area (Å²) in [7, 11) is 2.21. The van der Waals surface area contributed by atoms with Gasteiger partial charge in [0.15, 0.2) is 0 Å². The first-order valence-corrected chi connectivity index (χ1v) is 7.16. The first kappa shape index (κ1) is 13.6. The summed E-state index contributed by atoms with van der Waals surface area (Å²) in [6.07, 6.45) is 2.43. The second-order valence-corrected chi connectivity index (χ2v) is 5.85. The Morgan fingerprint density at radius 1 is 1.28 bits per heavy atom. The van der Waals surface area contributed by atoms with Gasteiger partial charge in [-0.25, -0.2) is 0 Å². The van der Waals surface area contributed by atoms with Crippen LogP contribution in [-0.4, -0.2) is 37.6 Å². The van der Waals surface area contributed by atoms with Crippen molar-refractivity contribution >= 4 is 0 Å². The van der Waals surface area contributed by atoms with Gasteiger partial charge >= 0.3 is 0 Å². The van der Waals surface area contributed by atoms with Gasteiger partial charge < -0.3 is 10.2 Å². The highest BCUT2D eigenvalue weighted by molar-refractivity contribution is 5.24. The van der Waals surface area contributed by atoms with Crippen LogP contribution >= 0.6 is 0 Å². The van der Waals surface area contributed by atoms with Crippen LogP contribution in [0, 0.1) is 0 Å². The van der Waals surface area contributed by atoms with E-state index in [4.69, 9.17) is 0 Å². The standard InChI is InChI=1S/C16H26N2/c1-13(2)15-7-4-14(5-8-15)6-9-16-12-18(3)11-10-17-16/h4-5,7-8,13,16-17H,6,9-12H2,1-3H3. The maximum absolute atomic E-state index is 3.61. The Kier molecular flexibility index (Phi) is 4.79. The van der Waals surface area contributed by atoms with E-state index in [1.807, 2.05) is 0 Å². The van der Waals surface area contributed by atoms with E-state index >= 15 is 0 Å². The van der Waals surface area contributed by atoms with Crippen molar-refractivity contribution in [2.45, 2.75) is 38.6 Å². The molecule has 0 amide bonds. The van der Waals surface area contributed by atoms with E-state index in [1.165, 1.54) is 37.1 Å². The minimum absolute atomic E-state index is 0.632. The summed E-state index contributed by atoms with van der Waals surface area (Å²) in [5, 5.41) is 3.61. The molecule has 0 saturated carbocycles. The lowest BCUT2D eigenvalue weighted by Crippen LogP contribution is -2.49. The molecule has 0 bridgehead atoms. The van der Waals surface area contributed by atoms with Crippen molar-refractivity contribution in [3.63, 3.8) is 0 Å². The molecular formula is C16H26N2. The summed E-state index contributed by atoms with van der Waals surface area (Å²) >= 11 is 0. The molecule has 1 unspecified atom stereocenters. The maximum atomic E-state index is 3.61. The molecule has 1 aliphatic heterocycles. The number of hydrogen-bond acceptors (Lipinski definition) is 2. The number of rotatable bonds is 4. The molecule has 100 valence electrons. The highest BCUT2D eigenvalue weighted by Crippen LogP contribution is 2.16. The van der Waals surface area contributed by atoms with Crippen molar-refractivity contribution in [1.82, 2.24) is 10.2 Å². The van der Waals surface area contributed by atoms with Crippen LogP contribution in [0.5, 0.6) is 0 Å². The van der Waals surface area contributed by atoms with E-state index in [2.05, 4.69) is 55.4 Å². The smallest absolute Gasteiger partial charge is 0.0198 e. The van der Waals surface area contributed by atoms with Crippen LogP contribution in [0.15, 0.2) is 24.3 Å². The quantitative estimate of drug-likeness (QED) is 0.878. The molecule has 18 heavy (non-hydrogen) atoms. The van der Waals surface area contributed by atoms with E-state index in [9.17, 15) is 0 Å². The van der Waals surface area contributed by atoms with Crippen LogP contribution in [0.4, 0.5) is 0 Å². The highest BCUT2D eigenvalue weighted by atomic mass is 15.2. The van der Waals surface area contributed by atoms with Gasteiger partial charge in [-0.15, -0.1) is 0 Å².